The second-order valence-electron chi connectivity index (χ2n) is 4.47. The fourth-order valence-electron chi connectivity index (χ4n) is 2.27. The number of allylic oxidation sites excluding steroid dienone is 2. The number of ether oxygens (including phenoxy) is 1. The van der Waals surface area contributed by atoms with Gasteiger partial charge < -0.3 is 9.84 Å². The summed E-state index contributed by atoms with van der Waals surface area (Å²) in [5.74, 6) is 1.75. The van der Waals surface area contributed by atoms with E-state index in [4.69, 9.17) is 4.74 Å². The van der Waals surface area contributed by atoms with Crippen LogP contribution in [0.15, 0.2) is 54.0 Å². The molecule has 0 radical (unpaired) electrons. The van der Waals surface area contributed by atoms with Crippen LogP contribution in [0.4, 0.5) is 0 Å². The molecule has 0 unspecified atom stereocenters. The summed E-state index contributed by atoms with van der Waals surface area (Å²) >= 11 is 0. The lowest BCUT2D eigenvalue weighted by Crippen LogP contribution is -2.05. The number of aliphatic hydroxyl groups is 1. The minimum Gasteiger partial charge on any atom is -0.512 e. The Morgan fingerprint density at radius 2 is 1.88 bits per heavy atom. The van der Waals surface area contributed by atoms with Gasteiger partial charge in [0.05, 0.1) is 25.0 Å². The Bertz CT molecular complexity index is 431. The summed E-state index contributed by atoms with van der Waals surface area (Å²) in [5.41, 5.74) is 1.25. The average molecular weight is 230 g/mol. The Morgan fingerprint density at radius 1 is 1.18 bits per heavy atom. The van der Waals surface area contributed by atoms with Gasteiger partial charge in [0.15, 0.2) is 0 Å². The molecule has 1 N–H and O–H groups in total. The van der Waals surface area contributed by atoms with Crippen molar-refractivity contribution in [3.05, 3.63) is 59.6 Å². The van der Waals surface area contributed by atoms with E-state index in [0.29, 0.717) is 12.2 Å². The summed E-state index contributed by atoms with van der Waals surface area (Å²) in [4.78, 5) is 0. The van der Waals surface area contributed by atoms with Crippen molar-refractivity contribution in [2.75, 3.05) is 7.11 Å². The van der Waals surface area contributed by atoms with Gasteiger partial charge in [-0.05, 0) is 23.6 Å². The monoisotopic (exact) mass is 230 g/mol. The third-order valence-corrected chi connectivity index (χ3v) is 3.19. The molecule has 1 aliphatic rings. The summed E-state index contributed by atoms with van der Waals surface area (Å²) in [6, 6.07) is 10.3. The molecule has 1 aliphatic carbocycles. The van der Waals surface area contributed by atoms with Gasteiger partial charge in [-0.25, -0.2) is 0 Å². The molecular formula is C15H18O2. The zero-order chi connectivity index (χ0) is 12.3. The predicted molar refractivity (Wildman–Crippen MR) is 68.8 cm³/mol. The van der Waals surface area contributed by atoms with Crippen LogP contribution in [0, 0.1) is 5.92 Å². The van der Waals surface area contributed by atoms with E-state index in [-0.39, 0.29) is 11.8 Å². The fourth-order valence-corrected chi connectivity index (χ4v) is 2.27. The molecule has 0 aromatic heterocycles. The predicted octanol–water partition coefficient (Wildman–Crippen LogP) is 3.78. The van der Waals surface area contributed by atoms with Gasteiger partial charge in [-0.2, -0.15) is 0 Å². The van der Waals surface area contributed by atoms with Crippen molar-refractivity contribution in [2.24, 2.45) is 5.92 Å². The first-order chi connectivity index (χ1) is 8.20. The van der Waals surface area contributed by atoms with Crippen molar-refractivity contribution in [3.8, 4) is 0 Å². The van der Waals surface area contributed by atoms with E-state index in [1.54, 1.807) is 7.11 Å². The highest BCUT2D eigenvalue weighted by Crippen LogP contribution is 2.33. The number of rotatable bonds is 2. The van der Waals surface area contributed by atoms with Crippen molar-refractivity contribution in [1.82, 2.24) is 0 Å². The van der Waals surface area contributed by atoms with E-state index < -0.39 is 0 Å². The molecule has 2 nitrogen and oxygen atoms in total. The molecule has 0 fully saturated rings. The first-order valence-corrected chi connectivity index (χ1v) is 5.90. The second-order valence-corrected chi connectivity index (χ2v) is 4.47. The third kappa shape index (κ3) is 2.70. The molecule has 0 saturated heterocycles. The van der Waals surface area contributed by atoms with E-state index in [1.807, 2.05) is 24.3 Å². The normalized spacial score (nSPS) is 24.6. The number of hydrogen-bond acceptors (Lipinski definition) is 2. The average Bonchev–Trinajstić information content (AvgIpc) is 2.48. The Labute approximate surface area is 102 Å². The van der Waals surface area contributed by atoms with Crippen LogP contribution in [0.2, 0.25) is 0 Å². The minimum absolute atomic E-state index is 0.260. The number of aliphatic hydroxyl groups excluding tert-OH is 1. The highest BCUT2D eigenvalue weighted by molar-refractivity contribution is 5.29. The van der Waals surface area contributed by atoms with Crippen LogP contribution in [0.25, 0.3) is 0 Å². The maximum atomic E-state index is 9.77. The first kappa shape index (κ1) is 11.8. The quantitative estimate of drug-likeness (QED) is 0.837. The van der Waals surface area contributed by atoms with Gasteiger partial charge in [0.1, 0.15) is 0 Å². The van der Waals surface area contributed by atoms with Crippen LogP contribution in [-0.4, -0.2) is 12.2 Å². The number of methoxy groups -OCH3 is 1. The summed E-state index contributed by atoms with van der Waals surface area (Å²) in [6.45, 7) is 2.11. The van der Waals surface area contributed by atoms with Crippen molar-refractivity contribution < 1.29 is 9.84 Å². The van der Waals surface area contributed by atoms with E-state index in [1.165, 1.54) is 5.56 Å². The molecular weight excluding hydrogens is 212 g/mol. The maximum Gasteiger partial charge on any atom is 0.0997 e. The Balaban J connectivity index is 2.37. The SMILES string of the molecule is COC1=C[C@@H](c2ccccc2)[C@@H](C)C=C(O)C1. The summed E-state index contributed by atoms with van der Waals surface area (Å²) < 4.78 is 5.30. The van der Waals surface area contributed by atoms with Crippen LogP contribution in [0.3, 0.4) is 0 Å². The van der Waals surface area contributed by atoms with Crippen molar-refractivity contribution in [2.45, 2.75) is 19.3 Å². The highest BCUT2D eigenvalue weighted by Gasteiger charge is 2.20. The second kappa shape index (κ2) is 5.09. The largest absolute Gasteiger partial charge is 0.512 e. The zero-order valence-corrected chi connectivity index (χ0v) is 10.3. The van der Waals surface area contributed by atoms with E-state index in [2.05, 4.69) is 25.1 Å². The van der Waals surface area contributed by atoms with Crippen LogP contribution in [0.1, 0.15) is 24.8 Å². The van der Waals surface area contributed by atoms with Crippen LogP contribution >= 0.6 is 0 Å². The smallest absolute Gasteiger partial charge is 0.0997 e. The number of hydrogen-bond donors (Lipinski definition) is 1. The van der Waals surface area contributed by atoms with E-state index in [9.17, 15) is 5.11 Å². The van der Waals surface area contributed by atoms with Crippen LogP contribution in [-0.2, 0) is 4.74 Å². The van der Waals surface area contributed by atoms with Gasteiger partial charge in [-0.15, -0.1) is 0 Å². The summed E-state index contributed by atoms with van der Waals surface area (Å²) in [5, 5.41) is 9.77. The van der Waals surface area contributed by atoms with Crippen molar-refractivity contribution in [1.29, 1.82) is 0 Å². The lowest BCUT2D eigenvalue weighted by Gasteiger charge is -2.17. The Hall–Kier alpha value is -1.70. The summed E-state index contributed by atoms with van der Waals surface area (Å²) in [7, 11) is 1.65. The lowest BCUT2D eigenvalue weighted by molar-refractivity contribution is 0.265. The van der Waals surface area contributed by atoms with Crippen LogP contribution in [0.5, 0.6) is 0 Å². The fraction of sp³-hybridized carbons (Fsp3) is 0.333. The van der Waals surface area contributed by atoms with Crippen LogP contribution < -0.4 is 0 Å². The standard InChI is InChI=1S/C15H18O2/c1-11-8-13(16)9-14(17-2)10-15(11)12-6-4-3-5-7-12/h3-8,10-11,15-16H,9H2,1-2H3/t11-,15+/m0/s1. The van der Waals surface area contributed by atoms with Gasteiger partial charge in [-0.1, -0.05) is 37.3 Å². The number of benzene rings is 1. The van der Waals surface area contributed by atoms with Gasteiger partial charge in [0.2, 0.25) is 0 Å². The molecule has 2 atom stereocenters. The van der Waals surface area contributed by atoms with Crippen molar-refractivity contribution >= 4 is 0 Å². The molecule has 0 saturated carbocycles. The zero-order valence-electron chi connectivity index (χ0n) is 10.3. The molecule has 0 aliphatic heterocycles. The molecule has 2 heteroatoms. The molecule has 2 rings (SSSR count). The topological polar surface area (TPSA) is 29.5 Å². The van der Waals surface area contributed by atoms with E-state index >= 15 is 0 Å². The van der Waals surface area contributed by atoms with Gasteiger partial charge in [-0.3, -0.25) is 0 Å². The maximum absolute atomic E-state index is 9.77. The molecule has 0 amide bonds. The minimum atomic E-state index is 0.260. The molecule has 0 spiro atoms. The van der Waals surface area contributed by atoms with E-state index in [0.717, 1.165) is 5.76 Å². The Kier molecular flexibility index (Phi) is 3.52. The highest BCUT2D eigenvalue weighted by atomic mass is 16.5. The molecule has 0 bridgehead atoms. The van der Waals surface area contributed by atoms with Crippen molar-refractivity contribution in [3.63, 3.8) is 0 Å². The Morgan fingerprint density at radius 3 is 2.53 bits per heavy atom. The third-order valence-electron chi connectivity index (χ3n) is 3.19. The van der Waals surface area contributed by atoms with Gasteiger partial charge in [0, 0.05) is 5.92 Å². The summed E-state index contributed by atoms with van der Waals surface area (Å²) in [6.07, 6.45) is 4.52. The lowest BCUT2D eigenvalue weighted by atomic mass is 9.87. The molecule has 1 aromatic rings. The molecule has 17 heavy (non-hydrogen) atoms. The van der Waals surface area contributed by atoms with Gasteiger partial charge >= 0.3 is 0 Å². The first-order valence-electron chi connectivity index (χ1n) is 5.90. The molecule has 90 valence electrons. The molecule has 0 heterocycles. The molecule has 1 aromatic carbocycles. The van der Waals surface area contributed by atoms with Gasteiger partial charge in [0.25, 0.3) is 0 Å².